The van der Waals surface area contributed by atoms with Crippen LogP contribution >= 0.6 is 11.6 Å². The van der Waals surface area contributed by atoms with E-state index < -0.39 is 0 Å². The Kier molecular flexibility index (Phi) is 3.08. The summed E-state index contributed by atoms with van der Waals surface area (Å²) in [5.41, 5.74) is 0.533. The second-order valence-corrected chi connectivity index (χ2v) is 6.69. The van der Waals surface area contributed by atoms with Gasteiger partial charge in [-0.1, -0.05) is 11.6 Å². The molecule has 0 radical (unpaired) electrons. The molecule has 0 spiro atoms. The molecule has 116 valence electrons. The van der Waals surface area contributed by atoms with Crippen LogP contribution in [0.25, 0.3) is 0 Å². The van der Waals surface area contributed by atoms with Crippen LogP contribution < -0.4 is 10.1 Å². The summed E-state index contributed by atoms with van der Waals surface area (Å²) in [7, 11) is 1.54. The molecule has 1 heterocycles. The maximum atomic E-state index is 12.7. The lowest BCUT2D eigenvalue weighted by Gasteiger charge is -2.24. The Hall–Kier alpha value is -1.75. The van der Waals surface area contributed by atoms with Gasteiger partial charge in [-0.25, -0.2) is 0 Å². The van der Waals surface area contributed by atoms with Gasteiger partial charge in [0.05, 0.1) is 24.6 Å². The first kappa shape index (κ1) is 13.9. The van der Waals surface area contributed by atoms with Gasteiger partial charge in [0.1, 0.15) is 11.9 Å². The lowest BCUT2D eigenvalue weighted by atomic mass is 9.79. The van der Waals surface area contributed by atoms with Gasteiger partial charge in [-0.2, -0.15) is 0 Å². The first-order valence-corrected chi connectivity index (χ1v) is 7.81. The standard InChI is InChI=1S/C16H16ClNO4/c1-21-11-3-2-8(17)6-10(11)18-15(19)13-7-4-9-12(5-7)22-16(20)14(9)13/h2-3,6-7,9,12-14H,4-5H2,1H3,(H,18,19)/t7-,9+,12+,13-,14+/m1/s1. The largest absolute Gasteiger partial charge is 0.495 e. The second-order valence-electron chi connectivity index (χ2n) is 6.26. The third kappa shape index (κ3) is 1.92. The minimum Gasteiger partial charge on any atom is -0.495 e. The summed E-state index contributed by atoms with van der Waals surface area (Å²) in [4.78, 5) is 24.7. The SMILES string of the molecule is COc1ccc(Cl)cc1NC(=O)[C@@H]1[C@@H]2C[C@@H]3[C@@H]1C(=O)O[C@H]3C2. The predicted octanol–water partition coefficient (Wildman–Crippen LogP) is 2.48. The van der Waals surface area contributed by atoms with Crippen molar-refractivity contribution >= 4 is 29.2 Å². The molecule has 1 aromatic rings. The predicted molar refractivity (Wildman–Crippen MR) is 79.7 cm³/mol. The van der Waals surface area contributed by atoms with Gasteiger partial charge < -0.3 is 14.8 Å². The van der Waals surface area contributed by atoms with Crippen molar-refractivity contribution < 1.29 is 19.1 Å². The van der Waals surface area contributed by atoms with E-state index in [2.05, 4.69) is 5.32 Å². The monoisotopic (exact) mass is 321 g/mol. The number of anilines is 1. The first-order valence-electron chi connectivity index (χ1n) is 7.43. The molecule has 1 saturated heterocycles. The van der Waals surface area contributed by atoms with Crippen molar-refractivity contribution in [3.05, 3.63) is 23.2 Å². The fourth-order valence-corrected chi connectivity index (χ4v) is 4.53. The molecule has 2 bridgehead atoms. The molecule has 22 heavy (non-hydrogen) atoms. The summed E-state index contributed by atoms with van der Waals surface area (Å²) in [5.74, 6) is 0.0522. The first-order chi connectivity index (χ1) is 10.6. The Morgan fingerprint density at radius 1 is 1.41 bits per heavy atom. The topological polar surface area (TPSA) is 64.6 Å². The van der Waals surface area contributed by atoms with Crippen LogP contribution in [0.1, 0.15) is 12.8 Å². The van der Waals surface area contributed by atoms with Crippen molar-refractivity contribution in [2.45, 2.75) is 18.9 Å². The molecule has 1 amide bonds. The van der Waals surface area contributed by atoms with Crippen LogP contribution in [-0.4, -0.2) is 25.1 Å². The van der Waals surface area contributed by atoms with Crippen LogP contribution in [0.4, 0.5) is 5.69 Å². The molecule has 4 rings (SSSR count). The Bertz CT molecular complexity index is 660. The quantitative estimate of drug-likeness (QED) is 0.869. The maximum absolute atomic E-state index is 12.7. The highest BCUT2D eigenvalue weighted by Gasteiger charge is 2.63. The molecule has 2 saturated carbocycles. The number of hydrogen-bond acceptors (Lipinski definition) is 4. The molecule has 1 aromatic carbocycles. The third-order valence-corrected chi connectivity index (χ3v) is 5.44. The number of carbonyl (C=O) groups is 2. The maximum Gasteiger partial charge on any atom is 0.310 e. The number of esters is 1. The molecule has 6 heteroatoms. The van der Waals surface area contributed by atoms with Gasteiger partial charge in [0.15, 0.2) is 0 Å². The molecular weight excluding hydrogens is 306 g/mol. The van der Waals surface area contributed by atoms with Crippen LogP contribution in [0.15, 0.2) is 18.2 Å². The number of amides is 1. The third-order valence-electron chi connectivity index (χ3n) is 5.21. The molecule has 2 aliphatic carbocycles. The van der Waals surface area contributed by atoms with Gasteiger partial charge in [-0.3, -0.25) is 9.59 Å². The van der Waals surface area contributed by atoms with Gasteiger partial charge in [-0.15, -0.1) is 0 Å². The Balaban J connectivity index is 1.59. The number of fused-ring (bicyclic) bond motifs is 1. The normalized spacial score (nSPS) is 34.6. The van der Waals surface area contributed by atoms with Gasteiger partial charge in [-0.05, 0) is 37.0 Å². The molecule has 1 N–H and O–H groups in total. The molecule has 5 nitrogen and oxygen atoms in total. The van der Waals surface area contributed by atoms with Gasteiger partial charge in [0.25, 0.3) is 0 Å². The zero-order chi connectivity index (χ0) is 15.4. The Labute approximate surface area is 132 Å². The summed E-state index contributed by atoms with van der Waals surface area (Å²) in [6.45, 7) is 0. The van der Waals surface area contributed by atoms with E-state index in [1.165, 1.54) is 7.11 Å². The second kappa shape index (κ2) is 4.88. The summed E-state index contributed by atoms with van der Waals surface area (Å²) < 4.78 is 10.6. The smallest absolute Gasteiger partial charge is 0.310 e. The van der Waals surface area contributed by atoms with E-state index in [1.807, 2.05) is 0 Å². The summed E-state index contributed by atoms with van der Waals surface area (Å²) >= 11 is 5.98. The van der Waals surface area contributed by atoms with E-state index >= 15 is 0 Å². The van der Waals surface area contributed by atoms with Crippen molar-refractivity contribution in [3.8, 4) is 5.75 Å². The number of ether oxygens (including phenoxy) is 2. The highest BCUT2D eigenvalue weighted by molar-refractivity contribution is 6.31. The van der Waals surface area contributed by atoms with Gasteiger partial charge >= 0.3 is 5.97 Å². The molecule has 5 atom stereocenters. The number of hydrogen-bond donors (Lipinski definition) is 1. The van der Waals surface area contributed by atoms with Crippen LogP contribution in [-0.2, 0) is 14.3 Å². The number of benzene rings is 1. The molecular formula is C16H16ClNO4. The number of carbonyl (C=O) groups excluding carboxylic acids is 2. The number of nitrogens with one attached hydrogen (secondary N) is 1. The van der Waals surface area contributed by atoms with Crippen LogP contribution in [0.3, 0.4) is 0 Å². The van der Waals surface area contributed by atoms with Crippen LogP contribution in [0, 0.1) is 23.7 Å². The number of halogens is 1. The number of rotatable bonds is 3. The van der Waals surface area contributed by atoms with E-state index in [9.17, 15) is 9.59 Å². The zero-order valence-electron chi connectivity index (χ0n) is 12.0. The van der Waals surface area contributed by atoms with E-state index in [0.717, 1.165) is 12.8 Å². The van der Waals surface area contributed by atoms with Crippen LogP contribution in [0.5, 0.6) is 5.75 Å². The van der Waals surface area contributed by atoms with Crippen molar-refractivity contribution in [3.63, 3.8) is 0 Å². The van der Waals surface area contributed by atoms with E-state index in [1.54, 1.807) is 18.2 Å². The summed E-state index contributed by atoms with van der Waals surface area (Å²) in [6.07, 6.45) is 1.75. The molecule has 0 aromatic heterocycles. The average Bonchev–Trinajstić information content (AvgIpc) is 3.08. The highest BCUT2D eigenvalue weighted by atomic mass is 35.5. The average molecular weight is 322 g/mol. The van der Waals surface area contributed by atoms with E-state index in [0.29, 0.717) is 16.5 Å². The summed E-state index contributed by atoms with van der Waals surface area (Å²) in [5, 5.41) is 3.39. The highest BCUT2D eigenvalue weighted by Crippen LogP contribution is 2.57. The van der Waals surface area contributed by atoms with Crippen molar-refractivity contribution in [1.29, 1.82) is 0 Å². The van der Waals surface area contributed by atoms with Crippen molar-refractivity contribution in [2.24, 2.45) is 23.7 Å². The van der Waals surface area contributed by atoms with Gasteiger partial charge in [0, 0.05) is 10.9 Å². The Morgan fingerprint density at radius 2 is 2.23 bits per heavy atom. The van der Waals surface area contributed by atoms with Crippen molar-refractivity contribution in [1.82, 2.24) is 0 Å². The molecule has 3 fully saturated rings. The minimum atomic E-state index is -0.306. The lowest BCUT2D eigenvalue weighted by molar-refractivity contribution is -0.145. The van der Waals surface area contributed by atoms with Crippen molar-refractivity contribution in [2.75, 3.05) is 12.4 Å². The fraction of sp³-hybridized carbons (Fsp3) is 0.500. The lowest BCUT2D eigenvalue weighted by Crippen LogP contribution is -2.35. The fourth-order valence-electron chi connectivity index (χ4n) is 4.36. The van der Waals surface area contributed by atoms with E-state index in [4.69, 9.17) is 21.1 Å². The van der Waals surface area contributed by atoms with E-state index in [-0.39, 0.29) is 41.7 Å². The number of methoxy groups -OCH3 is 1. The minimum absolute atomic E-state index is 0.0345. The zero-order valence-corrected chi connectivity index (χ0v) is 12.8. The molecule has 3 aliphatic rings. The summed E-state index contributed by atoms with van der Waals surface area (Å²) in [6, 6.07) is 5.06. The van der Waals surface area contributed by atoms with Gasteiger partial charge in [0.2, 0.25) is 5.91 Å². The molecule has 1 aliphatic heterocycles. The Morgan fingerprint density at radius 3 is 3.00 bits per heavy atom. The van der Waals surface area contributed by atoms with Crippen LogP contribution in [0.2, 0.25) is 5.02 Å². The molecule has 0 unspecified atom stereocenters.